The molecule has 1 N–H and O–H groups in total. The van der Waals surface area contributed by atoms with Gasteiger partial charge in [0.15, 0.2) is 0 Å². The van der Waals surface area contributed by atoms with Gasteiger partial charge in [0.1, 0.15) is 0 Å². The Balaban J connectivity index is 2.11. The summed E-state index contributed by atoms with van der Waals surface area (Å²) in [5.41, 5.74) is 1.36. The molecular formula is C17H26ClN. The summed E-state index contributed by atoms with van der Waals surface area (Å²) in [5, 5.41) is 4.59. The molecule has 106 valence electrons. The molecule has 3 atom stereocenters. The summed E-state index contributed by atoms with van der Waals surface area (Å²) < 4.78 is 0. The van der Waals surface area contributed by atoms with Crippen LogP contribution < -0.4 is 5.32 Å². The highest BCUT2D eigenvalue weighted by molar-refractivity contribution is 6.30. The monoisotopic (exact) mass is 279 g/mol. The molecule has 1 nitrogen and oxygen atoms in total. The molecule has 1 aliphatic carbocycles. The zero-order valence-corrected chi connectivity index (χ0v) is 12.9. The Labute approximate surface area is 122 Å². The normalized spacial score (nSPS) is 24.6. The Morgan fingerprint density at radius 1 is 1.32 bits per heavy atom. The number of hydrogen-bond acceptors (Lipinski definition) is 1. The zero-order chi connectivity index (χ0) is 13.7. The van der Waals surface area contributed by atoms with Gasteiger partial charge < -0.3 is 5.32 Å². The predicted molar refractivity (Wildman–Crippen MR) is 83.6 cm³/mol. The van der Waals surface area contributed by atoms with Gasteiger partial charge in [-0.15, -0.1) is 0 Å². The van der Waals surface area contributed by atoms with E-state index in [9.17, 15) is 0 Å². The third-order valence-corrected chi connectivity index (χ3v) is 4.69. The summed E-state index contributed by atoms with van der Waals surface area (Å²) in [5.74, 6) is 1.70. The minimum absolute atomic E-state index is 0.482. The Morgan fingerprint density at radius 2 is 2.16 bits per heavy atom. The lowest BCUT2D eigenvalue weighted by Crippen LogP contribution is -2.28. The van der Waals surface area contributed by atoms with Gasteiger partial charge in [-0.2, -0.15) is 0 Å². The first-order valence-corrected chi connectivity index (χ1v) is 8.11. The molecule has 1 fully saturated rings. The second-order valence-corrected chi connectivity index (χ2v) is 6.27. The molecule has 3 unspecified atom stereocenters. The van der Waals surface area contributed by atoms with Crippen molar-refractivity contribution in [1.82, 2.24) is 5.32 Å². The SMILES string of the molecule is CCCNC(c1cccc(Cl)c1)C1CCC(CC)C1. The van der Waals surface area contributed by atoms with E-state index in [1.165, 1.54) is 37.7 Å². The molecule has 0 bridgehead atoms. The largest absolute Gasteiger partial charge is 0.310 e. The van der Waals surface area contributed by atoms with Gasteiger partial charge in [0, 0.05) is 11.1 Å². The number of benzene rings is 1. The maximum absolute atomic E-state index is 6.16. The molecule has 2 rings (SSSR count). The van der Waals surface area contributed by atoms with Crippen LogP contribution in [0.1, 0.15) is 57.6 Å². The number of hydrogen-bond donors (Lipinski definition) is 1. The standard InChI is InChI=1S/C17H26ClN/c1-3-10-19-17(14-6-5-7-16(18)12-14)15-9-8-13(4-2)11-15/h5-7,12-13,15,17,19H,3-4,8-11H2,1-2H3. The van der Waals surface area contributed by atoms with Crippen LogP contribution in [0, 0.1) is 11.8 Å². The van der Waals surface area contributed by atoms with Gasteiger partial charge in [-0.1, -0.05) is 50.4 Å². The van der Waals surface area contributed by atoms with Gasteiger partial charge in [-0.05, 0) is 55.3 Å². The lowest BCUT2D eigenvalue weighted by molar-refractivity contribution is 0.354. The maximum Gasteiger partial charge on any atom is 0.0409 e. The molecule has 1 aromatic carbocycles. The molecular weight excluding hydrogens is 254 g/mol. The highest BCUT2D eigenvalue weighted by Crippen LogP contribution is 2.40. The first kappa shape index (κ1) is 14.9. The van der Waals surface area contributed by atoms with E-state index in [1.807, 2.05) is 6.07 Å². The van der Waals surface area contributed by atoms with Gasteiger partial charge in [0.05, 0.1) is 0 Å². The van der Waals surface area contributed by atoms with Crippen LogP contribution in [0.5, 0.6) is 0 Å². The molecule has 19 heavy (non-hydrogen) atoms. The van der Waals surface area contributed by atoms with Crippen molar-refractivity contribution < 1.29 is 0 Å². The van der Waals surface area contributed by atoms with Crippen molar-refractivity contribution in [2.75, 3.05) is 6.54 Å². The van der Waals surface area contributed by atoms with E-state index in [0.29, 0.717) is 6.04 Å². The number of rotatable bonds is 6. The van der Waals surface area contributed by atoms with E-state index in [2.05, 4.69) is 37.4 Å². The second-order valence-electron chi connectivity index (χ2n) is 5.83. The molecule has 2 heteroatoms. The second kappa shape index (κ2) is 7.31. The summed E-state index contributed by atoms with van der Waals surface area (Å²) >= 11 is 6.16. The van der Waals surface area contributed by atoms with Gasteiger partial charge in [0.2, 0.25) is 0 Å². The third kappa shape index (κ3) is 3.97. The molecule has 0 saturated heterocycles. The van der Waals surface area contributed by atoms with E-state index < -0.39 is 0 Å². The van der Waals surface area contributed by atoms with Crippen LogP contribution >= 0.6 is 11.6 Å². The van der Waals surface area contributed by atoms with E-state index >= 15 is 0 Å². The van der Waals surface area contributed by atoms with Gasteiger partial charge in [-0.25, -0.2) is 0 Å². The fraction of sp³-hybridized carbons (Fsp3) is 0.647. The molecule has 0 radical (unpaired) electrons. The summed E-state index contributed by atoms with van der Waals surface area (Å²) in [4.78, 5) is 0. The molecule has 0 spiro atoms. The summed E-state index contributed by atoms with van der Waals surface area (Å²) in [6.07, 6.45) is 6.62. The van der Waals surface area contributed by atoms with Crippen LogP contribution in [0.25, 0.3) is 0 Å². The lowest BCUT2D eigenvalue weighted by Gasteiger charge is -2.26. The first-order chi connectivity index (χ1) is 9.24. The minimum atomic E-state index is 0.482. The highest BCUT2D eigenvalue weighted by Gasteiger charge is 2.30. The topological polar surface area (TPSA) is 12.0 Å². The number of nitrogens with one attached hydrogen (secondary N) is 1. The fourth-order valence-electron chi connectivity index (χ4n) is 3.34. The van der Waals surface area contributed by atoms with Gasteiger partial charge >= 0.3 is 0 Å². The average molecular weight is 280 g/mol. The molecule has 1 saturated carbocycles. The molecule has 1 aromatic rings. The molecule has 0 aromatic heterocycles. The molecule has 0 aliphatic heterocycles. The number of halogens is 1. The Bertz CT molecular complexity index is 391. The van der Waals surface area contributed by atoms with Gasteiger partial charge in [0.25, 0.3) is 0 Å². The average Bonchev–Trinajstić information content (AvgIpc) is 2.88. The van der Waals surface area contributed by atoms with Crippen molar-refractivity contribution in [2.24, 2.45) is 11.8 Å². The van der Waals surface area contributed by atoms with Crippen molar-refractivity contribution in [3.63, 3.8) is 0 Å². The van der Waals surface area contributed by atoms with Crippen LogP contribution in [-0.2, 0) is 0 Å². The predicted octanol–water partition coefficient (Wildman–Crippen LogP) is 5.21. The van der Waals surface area contributed by atoms with Crippen LogP contribution in [0.4, 0.5) is 0 Å². The smallest absolute Gasteiger partial charge is 0.0409 e. The molecule has 0 amide bonds. The zero-order valence-electron chi connectivity index (χ0n) is 12.2. The van der Waals surface area contributed by atoms with Crippen LogP contribution in [0.3, 0.4) is 0 Å². The third-order valence-electron chi connectivity index (χ3n) is 4.45. The Kier molecular flexibility index (Phi) is 5.72. The summed E-state index contributed by atoms with van der Waals surface area (Å²) in [6, 6.07) is 8.87. The Morgan fingerprint density at radius 3 is 2.79 bits per heavy atom. The van der Waals surface area contributed by atoms with E-state index in [1.54, 1.807) is 0 Å². The highest BCUT2D eigenvalue weighted by atomic mass is 35.5. The van der Waals surface area contributed by atoms with Crippen molar-refractivity contribution in [1.29, 1.82) is 0 Å². The lowest BCUT2D eigenvalue weighted by atomic mass is 9.90. The van der Waals surface area contributed by atoms with Crippen LogP contribution in [-0.4, -0.2) is 6.54 Å². The van der Waals surface area contributed by atoms with E-state index in [0.717, 1.165) is 23.4 Å². The minimum Gasteiger partial charge on any atom is -0.310 e. The van der Waals surface area contributed by atoms with Gasteiger partial charge in [-0.3, -0.25) is 0 Å². The van der Waals surface area contributed by atoms with Crippen LogP contribution in [0.15, 0.2) is 24.3 Å². The molecule has 0 heterocycles. The molecule has 1 aliphatic rings. The van der Waals surface area contributed by atoms with Crippen molar-refractivity contribution in [2.45, 2.75) is 52.0 Å². The maximum atomic E-state index is 6.16. The van der Waals surface area contributed by atoms with Crippen molar-refractivity contribution in [3.05, 3.63) is 34.9 Å². The first-order valence-electron chi connectivity index (χ1n) is 7.73. The van der Waals surface area contributed by atoms with Crippen LogP contribution in [0.2, 0.25) is 5.02 Å². The van der Waals surface area contributed by atoms with Crippen molar-refractivity contribution >= 4 is 11.6 Å². The van der Waals surface area contributed by atoms with E-state index in [-0.39, 0.29) is 0 Å². The summed E-state index contributed by atoms with van der Waals surface area (Å²) in [7, 11) is 0. The Hall–Kier alpha value is -0.530. The quantitative estimate of drug-likeness (QED) is 0.754. The van der Waals surface area contributed by atoms with E-state index in [4.69, 9.17) is 11.6 Å². The van der Waals surface area contributed by atoms with Crippen molar-refractivity contribution in [3.8, 4) is 0 Å². The fourth-order valence-corrected chi connectivity index (χ4v) is 3.54. The summed E-state index contributed by atoms with van der Waals surface area (Å²) in [6.45, 7) is 5.64.